The Bertz CT molecular complexity index is 537. The predicted octanol–water partition coefficient (Wildman–Crippen LogP) is -0.209. The molecule has 1 amide bonds. The van der Waals surface area contributed by atoms with E-state index in [4.69, 9.17) is 0 Å². The molecule has 2 aromatic heterocycles. The van der Waals surface area contributed by atoms with Crippen LogP contribution >= 0.6 is 0 Å². The Morgan fingerprint density at radius 3 is 2.89 bits per heavy atom. The molecule has 0 spiro atoms. The Balaban J connectivity index is 2.10. The zero-order chi connectivity index (χ0) is 13.0. The fourth-order valence-electron chi connectivity index (χ4n) is 1.48. The number of carbonyl (C=O) groups is 1. The minimum atomic E-state index is -0.213. The van der Waals surface area contributed by atoms with Gasteiger partial charge in [0.25, 0.3) is 5.91 Å². The van der Waals surface area contributed by atoms with Gasteiger partial charge in [-0.1, -0.05) is 12.1 Å². The lowest BCUT2D eigenvalue weighted by Crippen LogP contribution is -2.25. The quantitative estimate of drug-likeness (QED) is 0.773. The van der Waals surface area contributed by atoms with Crippen LogP contribution < -0.4 is 5.32 Å². The van der Waals surface area contributed by atoms with Gasteiger partial charge in [-0.05, 0) is 19.4 Å². The lowest BCUT2D eigenvalue weighted by atomic mass is 10.1. The number of hydrogen-bond donors (Lipinski definition) is 2. The summed E-state index contributed by atoms with van der Waals surface area (Å²) in [6.45, 7) is 3.94. The molecule has 0 aromatic carbocycles. The molecule has 0 unspecified atom stereocenters. The fraction of sp³-hybridized carbons (Fsp3) is 0.400. The fourth-order valence-corrected chi connectivity index (χ4v) is 1.48. The zero-order valence-electron chi connectivity index (χ0n) is 10.1. The highest BCUT2D eigenvalue weighted by atomic mass is 16.1. The summed E-state index contributed by atoms with van der Waals surface area (Å²) < 4.78 is 0. The Kier molecular flexibility index (Phi) is 3.56. The Morgan fingerprint density at radius 2 is 2.22 bits per heavy atom. The summed E-state index contributed by atoms with van der Waals surface area (Å²) in [5, 5.41) is 23.9. The average Bonchev–Trinajstić information content (AvgIpc) is 2.89. The molecule has 94 valence electrons. The van der Waals surface area contributed by atoms with Crippen LogP contribution in [0.5, 0.6) is 0 Å². The van der Waals surface area contributed by atoms with E-state index in [-0.39, 0.29) is 12.5 Å². The first kappa shape index (κ1) is 12.1. The molecule has 0 atom stereocenters. The molecule has 8 heteroatoms. The Labute approximate surface area is 103 Å². The van der Waals surface area contributed by atoms with E-state index < -0.39 is 0 Å². The normalized spacial score (nSPS) is 10.3. The maximum Gasteiger partial charge on any atom is 0.253 e. The highest BCUT2D eigenvalue weighted by Gasteiger charge is 2.13. The lowest BCUT2D eigenvalue weighted by molar-refractivity contribution is 0.0948. The van der Waals surface area contributed by atoms with Crippen molar-refractivity contribution in [2.75, 3.05) is 0 Å². The molecule has 2 N–H and O–H groups in total. The third-order valence-electron chi connectivity index (χ3n) is 2.37. The second-order valence-corrected chi connectivity index (χ2v) is 3.71. The van der Waals surface area contributed by atoms with Gasteiger partial charge < -0.3 is 5.32 Å². The summed E-state index contributed by atoms with van der Waals surface area (Å²) in [4.78, 5) is 12.0. The highest BCUT2D eigenvalue weighted by Crippen LogP contribution is 2.07. The first-order valence-electron chi connectivity index (χ1n) is 5.54. The molecule has 0 saturated heterocycles. The third kappa shape index (κ3) is 2.65. The van der Waals surface area contributed by atoms with Crippen molar-refractivity contribution in [2.45, 2.75) is 26.8 Å². The van der Waals surface area contributed by atoms with Crippen molar-refractivity contribution in [3.8, 4) is 0 Å². The Hall–Kier alpha value is -2.38. The van der Waals surface area contributed by atoms with Crippen molar-refractivity contribution < 1.29 is 4.79 Å². The van der Waals surface area contributed by atoms with Gasteiger partial charge in [-0.25, -0.2) is 0 Å². The van der Waals surface area contributed by atoms with Gasteiger partial charge in [0.2, 0.25) is 0 Å². The summed E-state index contributed by atoms with van der Waals surface area (Å²) in [6.07, 6.45) is 0.651. The van der Waals surface area contributed by atoms with E-state index in [1.54, 1.807) is 13.0 Å². The molecule has 18 heavy (non-hydrogen) atoms. The number of nitrogens with one attached hydrogen (secondary N) is 2. The summed E-state index contributed by atoms with van der Waals surface area (Å²) in [6, 6.07) is 1.72. The topological polar surface area (TPSA) is 109 Å². The maximum atomic E-state index is 12.0. The van der Waals surface area contributed by atoms with Gasteiger partial charge in [-0.3, -0.25) is 4.79 Å². The maximum absolute atomic E-state index is 12.0. The minimum absolute atomic E-state index is 0.213. The van der Waals surface area contributed by atoms with Crippen molar-refractivity contribution >= 4 is 5.91 Å². The smallest absolute Gasteiger partial charge is 0.253 e. The molecule has 0 aliphatic rings. The number of tetrazole rings is 1. The monoisotopic (exact) mass is 247 g/mol. The SMILES string of the molecule is CCc1nnc(C)cc1C(=O)NCc1nn[nH]n1. The summed E-state index contributed by atoms with van der Waals surface area (Å²) in [5.74, 6) is 0.217. The van der Waals surface area contributed by atoms with Gasteiger partial charge in [-0.2, -0.15) is 15.4 Å². The molecule has 0 fully saturated rings. The molecule has 0 aliphatic heterocycles. The number of aromatic amines is 1. The number of hydrogen-bond acceptors (Lipinski definition) is 6. The van der Waals surface area contributed by atoms with E-state index in [0.29, 0.717) is 29.2 Å². The first-order valence-corrected chi connectivity index (χ1v) is 5.54. The van der Waals surface area contributed by atoms with Crippen LogP contribution in [-0.4, -0.2) is 36.7 Å². The van der Waals surface area contributed by atoms with Crippen LogP contribution in [-0.2, 0) is 13.0 Å². The van der Waals surface area contributed by atoms with E-state index in [1.807, 2.05) is 6.92 Å². The van der Waals surface area contributed by atoms with Crippen LogP contribution in [0, 0.1) is 6.92 Å². The number of amides is 1. The molecular formula is C10H13N7O. The van der Waals surface area contributed by atoms with Gasteiger partial charge in [0.05, 0.1) is 23.5 Å². The Morgan fingerprint density at radius 1 is 1.39 bits per heavy atom. The number of aryl methyl sites for hydroxylation is 2. The van der Waals surface area contributed by atoms with Crippen LogP contribution in [0.2, 0.25) is 0 Å². The van der Waals surface area contributed by atoms with Crippen molar-refractivity contribution in [1.29, 1.82) is 0 Å². The van der Waals surface area contributed by atoms with E-state index >= 15 is 0 Å². The van der Waals surface area contributed by atoms with E-state index in [0.717, 1.165) is 0 Å². The van der Waals surface area contributed by atoms with Crippen LogP contribution in [0.4, 0.5) is 0 Å². The van der Waals surface area contributed by atoms with Gasteiger partial charge in [-0.15, -0.1) is 10.2 Å². The number of H-pyrrole nitrogens is 1. The van der Waals surface area contributed by atoms with Crippen molar-refractivity contribution in [1.82, 2.24) is 36.1 Å². The van der Waals surface area contributed by atoms with Crippen LogP contribution in [0.3, 0.4) is 0 Å². The molecular weight excluding hydrogens is 234 g/mol. The summed E-state index contributed by atoms with van der Waals surface area (Å²) in [7, 11) is 0. The molecule has 2 rings (SSSR count). The van der Waals surface area contributed by atoms with Gasteiger partial charge in [0.15, 0.2) is 5.82 Å². The highest BCUT2D eigenvalue weighted by molar-refractivity contribution is 5.95. The van der Waals surface area contributed by atoms with Gasteiger partial charge >= 0.3 is 0 Å². The van der Waals surface area contributed by atoms with Crippen molar-refractivity contribution in [2.24, 2.45) is 0 Å². The predicted molar refractivity (Wildman–Crippen MR) is 61.5 cm³/mol. The second-order valence-electron chi connectivity index (χ2n) is 3.71. The molecule has 2 heterocycles. The molecule has 0 radical (unpaired) electrons. The third-order valence-corrected chi connectivity index (χ3v) is 2.37. The summed E-state index contributed by atoms with van der Waals surface area (Å²) >= 11 is 0. The number of aromatic nitrogens is 6. The van der Waals surface area contributed by atoms with Gasteiger partial charge in [0, 0.05) is 0 Å². The van der Waals surface area contributed by atoms with Crippen LogP contribution in [0.15, 0.2) is 6.07 Å². The summed E-state index contributed by atoms with van der Waals surface area (Å²) in [5.41, 5.74) is 1.91. The minimum Gasteiger partial charge on any atom is -0.345 e. The number of nitrogens with zero attached hydrogens (tertiary/aromatic N) is 5. The standard InChI is InChI=1S/C10H13N7O/c1-3-8-7(4-6(2)12-13-8)10(18)11-5-9-14-16-17-15-9/h4H,3,5H2,1-2H3,(H,11,18)(H,14,15,16,17). The molecule has 8 nitrogen and oxygen atoms in total. The largest absolute Gasteiger partial charge is 0.345 e. The molecule has 0 saturated carbocycles. The molecule has 2 aromatic rings. The van der Waals surface area contributed by atoms with Crippen molar-refractivity contribution in [3.63, 3.8) is 0 Å². The molecule has 0 bridgehead atoms. The second kappa shape index (κ2) is 5.30. The number of rotatable bonds is 4. The van der Waals surface area contributed by atoms with Gasteiger partial charge in [0.1, 0.15) is 0 Å². The zero-order valence-corrected chi connectivity index (χ0v) is 10.1. The number of carbonyl (C=O) groups excluding carboxylic acids is 1. The van der Waals surface area contributed by atoms with Crippen LogP contribution in [0.25, 0.3) is 0 Å². The molecule has 0 aliphatic carbocycles. The van der Waals surface area contributed by atoms with Crippen LogP contribution in [0.1, 0.15) is 34.5 Å². The van der Waals surface area contributed by atoms with Crippen molar-refractivity contribution in [3.05, 3.63) is 28.8 Å². The lowest BCUT2D eigenvalue weighted by Gasteiger charge is -2.06. The average molecular weight is 247 g/mol. The van der Waals surface area contributed by atoms with E-state index in [2.05, 4.69) is 36.1 Å². The van der Waals surface area contributed by atoms with E-state index in [1.165, 1.54) is 0 Å². The first-order chi connectivity index (χ1) is 8.70. The van der Waals surface area contributed by atoms with E-state index in [9.17, 15) is 4.79 Å².